The van der Waals surface area contributed by atoms with Crippen LogP contribution in [-0.4, -0.2) is 30.6 Å². The second kappa shape index (κ2) is 5.66. The van der Waals surface area contributed by atoms with Crippen molar-refractivity contribution in [3.05, 3.63) is 42.0 Å². The Hall–Kier alpha value is -1.58. The highest BCUT2D eigenvalue weighted by Gasteiger charge is 2.35. The van der Waals surface area contributed by atoms with E-state index < -0.39 is 0 Å². The van der Waals surface area contributed by atoms with Crippen LogP contribution < -0.4 is 10.5 Å². The third kappa shape index (κ3) is 2.41. The Balaban J connectivity index is 2.16. The van der Waals surface area contributed by atoms with E-state index in [1.54, 1.807) is 7.11 Å². The summed E-state index contributed by atoms with van der Waals surface area (Å²) in [7, 11) is 1.73. The van der Waals surface area contributed by atoms with Gasteiger partial charge in [0, 0.05) is 24.0 Å². The Morgan fingerprint density at radius 3 is 2.52 bits per heavy atom. The number of benzene rings is 2. The van der Waals surface area contributed by atoms with Gasteiger partial charge in [-0.25, -0.2) is 0 Å². The number of fused-ring (bicyclic) bond motifs is 1. The lowest BCUT2D eigenvalue weighted by Crippen LogP contribution is -2.36. The van der Waals surface area contributed by atoms with E-state index in [1.165, 1.54) is 16.3 Å². The number of hydrogen-bond donors (Lipinski definition) is 1. The summed E-state index contributed by atoms with van der Waals surface area (Å²) in [4.78, 5) is 2.51. The maximum atomic E-state index is 6.43. The van der Waals surface area contributed by atoms with Crippen LogP contribution in [0.5, 0.6) is 5.75 Å². The van der Waals surface area contributed by atoms with Gasteiger partial charge in [-0.05, 0) is 37.3 Å². The van der Waals surface area contributed by atoms with E-state index in [9.17, 15) is 0 Å². The van der Waals surface area contributed by atoms with Crippen LogP contribution in [0.3, 0.4) is 0 Å². The van der Waals surface area contributed by atoms with Crippen molar-refractivity contribution in [1.29, 1.82) is 0 Å². The van der Waals surface area contributed by atoms with Gasteiger partial charge in [0.1, 0.15) is 5.75 Å². The molecule has 1 aliphatic rings. The van der Waals surface area contributed by atoms with Crippen LogP contribution in [0.4, 0.5) is 0 Å². The number of methoxy groups -OCH3 is 1. The Kier molecular flexibility index (Phi) is 3.87. The van der Waals surface area contributed by atoms with Crippen LogP contribution in [0.1, 0.15) is 31.9 Å². The van der Waals surface area contributed by atoms with Crippen LogP contribution in [-0.2, 0) is 0 Å². The monoisotopic (exact) mass is 284 g/mol. The van der Waals surface area contributed by atoms with Crippen molar-refractivity contribution in [3.8, 4) is 5.75 Å². The Labute approximate surface area is 126 Å². The zero-order valence-electron chi connectivity index (χ0n) is 13.0. The molecule has 3 nitrogen and oxygen atoms in total. The summed E-state index contributed by atoms with van der Waals surface area (Å²) in [5.41, 5.74) is 7.75. The smallest absolute Gasteiger partial charge is 0.126 e. The van der Waals surface area contributed by atoms with Gasteiger partial charge < -0.3 is 10.5 Å². The van der Waals surface area contributed by atoms with E-state index in [2.05, 4.69) is 55.1 Å². The first-order chi connectivity index (χ1) is 10.1. The van der Waals surface area contributed by atoms with Gasteiger partial charge in [0.05, 0.1) is 13.2 Å². The molecule has 1 fully saturated rings. The molecule has 2 aromatic rings. The van der Waals surface area contributed by atoms with Gasteiger partial charge in [-0.2, -0.15) is 0 Å². The molecule has 2 N–H and O–H groups in total. The molecule has 0 radical (unpaired) electrons. The van der Waals surface area contributed by atoms with Gasteiger partial charge in [0.15, 0.2) is 0 Å². The van der Waals surface area contributed by atoms with Crippen molar-refractivity contribution in [2.24, 2.45) is 5.73 Å². The first kappa shape index (κ1) is 14.4. The highest BCUT2D eigenvalue weighted by atomic mass is 16.5. The number of hydrogen-bond acceptors (Lipinski definition) is 3. The fourth-order valence-electron chi connectivity index (χ4n) is 3.56. The van der Waals surface area contributed by atoms with Crippen molar-refractivity contribution in [3.63, 3.8) is 0 Å². The highest BCUT2D eigenvalue weighted by molar-refractivity contribution is 5.91. The molecule has 0 aliphatic carbocycles. The summed E-state index contributed by atoms with van der Waals surface area (Å²) in [5, 5.41) is 2.42. The molecule has 112 valence electrons. The molecule has 1 heterocycles. The molecular weight excluding hydrogens is 260 g/mol. The molecule has 21 heavy (non-hydrogen) atoms. The zero-order valence-corrected chi connectivity index (χ0v) is 13.0. The lowest BCUT2D eigenvalue weighted by Gasteiger charge is -2.31. The molecule has 0 spiro atoms. The molecule has 0 bridgehead atoms. The number of ether oxygens (including phenoxy) is 1. The quantitative estimate of drug-likeness (QED) is 0.939. The van der Waals surface area contributed by atoms with Gasteiger partial charge in [-0.3, -0.25) is 4.90 Å². The number of nitrogens with two attached hydrogens (primary N) is 1. The van der Waals surface area contributed by atoms with Gasteiger partial charge in [0.25, 0.3) is 0 Å². The van der Waals surface area contributed by atoms with E-state index in [-0.39, 0.29) is 6.04 Å². The van der Waals surface area contributed by atoms with Crippen molar-refractivity contribution in [2.75, 3.05) is 13.7 Å². The van der Waals surface area contributed by atoms with Crippen LogP contribution in [0.15, 0.2) is 36.4 Å². The molecule has 2 unspecified atom stereocenters. The lowest BCUT2D eigenvalue weighted by atomic mass is 9.94. The van der Waals surface area contributed by atoms with Gasteiger partial charge in [-0.1, -0.05) is 30.3 Å². The van der Waals surface area contributed by atoms with E-state index in [4.69, 9.17) is 10.5 Å². The summed E-state index contributed by atoms with van der Waals surface area (Å²) in [6.45, 7) is 5.57. The van der Waals surface area contributed by atoms with E-state index in [1.807, 2.05) is 0 Å². The zero-order chi connectivity index (χ0) is 15.0. The molecule has 2 atom stereocenters. The summed E-state index contributed by atoms with van der Waals surface area (Å²) >= 11 is 0. The minimum atomic E-state index is 0.198. The average Bonchev–Trinajstić information content (AvgIpc) is 2.88. The summed E-state index contributed by atoms with van der Waals surface area (Å²) in [6.07, 6.45) is 1.06. The van der Waals surface area contributed by atoms with Crippen LogP contribution in [0.2, 0.25) is 0 Å². The van der Waals surface area contributed by atoms with Crippen LogP contribution >= 0.6 is 0 Å². The predicted molar refractivity (Wildman–Crippen MR) is 87.7 cm³/mol. The summed E-state index contributed by atoms with van der Waals surface area (Å²) in [6, 6.07) is 13.7. The van der Waals surface area contributed by atoms with Crippen molar-refractivity contribution in [2.45, 2.75) is 38.4 Å². The Morgan fingerprint density at radius 1 is 1.14 bits per heavy atom. The second-order valence-electron chi connectivity index (χ2n) is 6.13. The molecular formula is C18H24N2O. The normalized spacial score (nSPS) is 23.1. The van der Waals surface area contributed by atoms with E-state index >= 15 is 0 Å². The van der Waals surface area contributed by atoms with Gasteiger partial charge in [0.2, 0.25) is 0 Å². The van der Waals surface area contributed by atoms with E-state index in [0.717, 1.165) is 18.7 Å². The van der Waals surface area contributed by atoms with Gasteiger partial charge >= 0.3 is 0 Å². The third-order valence-corrected chi connectivity index (χ3v) is 4.60. The Bertz CT molecular complexity index is 638. The minimum absolute atomic E-state index is 0.198. The molecule has 1 aliphatic heterocycles. The second-order valence-corrected chi connectivity index (χ2v) is 6.13. The maximum absolute atomic E-state index is 6.43. The lowest BCUT2D eigenvalue weighted by molar-refractivity contribution is 0.199. The van der Waals surface area contributed by atoms with Crippen LogP contribution in [0.25, 0.3) is 10.8 Å². The molecule has 0 aromatic heterocycles. The minimum Gasteiger partial charge on any atom is -0.496 e. The van der Waals surface area contributed by atoms with Crippen molar-refractivity contribution >= 4 is 10.8 Å². The fourth-order valence-corrected chi connectivity index (χ4v) is 3.56. The van der Waals surface area contributed by atoms with Gasteiger partial charge in [-0.15, -0.1) is 0 Å². The molecule has 0 saturated carbocycles. The largest absolute Gasteiger partial charge is 0.496 e. The highest BCUT2D eigenvalue weighted by Crippen LogP contribution is 2.39. The average molecular weight is 284 g/mol. The third-order valence-electron chi connectivity index (χ3n) is 4.60. The number of likely N-dealkylation sites (tertiary alicyclic amines) is 1. The summed E-state index contributed by atoms with van der Waals surface area (Å²) < 4.78 is 5.50. The maximum Gasteiger partial charge on any atom is 0.126 e. The molecule has 1 saturated heterocycles. The standard InChI is InChI=1S/C18H24N2O/c1-12(2)20-11-10-16(19)18(20)15-8-9-17(21-3)14-7-5-4-6-13(14)15/h4-9,12,16,18H,10-11,19H2,1-3H3. The molecule has 3 rings (SSSR count). The van der Waals surface area contributed by atoms with Crippen molar-refractivity contribution < 1.29 is 4.74 Å². The SMILES string of the molecule is COc1ccc(C2C(N)CCN2C(C)C)c2ccccc12. The molecule has 0 amide bonds. The topological polar surface area (TPSA) is 38.5 Å². The number of rotatable bonds is 3. The molecule has 2 aromatic carbocycles. The first-order valence-electron chi connectivity index (χ1n) is 7.70. The van der Waals surface area contributed by atoms with Crippen molar-refractivity contribution in [1.82, 2.24) is 4.90 Å². The predicted octanol–water partition coefficient (Wildman–Crippen LogP) is 3.33. The van der Waals surface area contributed by atoms with Crippen LogP contribution in [0, 0.1) is 0 Å². The van der Waals surface area contributed by atoms with E-state index in [0.29, 0.717) is 12.1 Å². The fraction of sp³-hybridized carbons (Fsp3) is 0.444. The summed E-state index contributed by atoms with van der Waals surface area (Å²) in [5.74, 6) is 0.928. The first-order valence-corrected chi connectivity index (χ1v) is 7.70. The molecule has 3 heteroatoms. The Morgan fingerprint density at radius 2 is 1.86 bits per heavy atom. The number of nitrogens with zero attached hydrogens (tertiary/aromatic N) is 1.